The molecule has 0 radical (unpaired) electrons. The Bertz CT molecular complexity index is 732. The molecular weight excluding hydrogens is 382 g/mol. The van der Waals surface area contributed by atoms with Gasteiger partial charge in [0.05, 0.1) is 11.8 Å². The van der Waals surface area contributed by atoms with E-state index in [1.54, 1.807) is 0 Å². The van der Waals surface area contributed by atoms with E-state index in [-0.39, 0.29) is 0 Å². The highest BCUT2D eigenvalue weighted by Gasteiger charge is 2.61. The average molecular weight is 428 g/mol. The minimum Gasteiger partial charge on any atom is -0.547 e. The summed E-state index contributed by atoms with van der Waals surface area (Å²) < 4.78 is 6.92. The van der Waals surface area contributed by atoms with Gasteiger partial charge in [0, 0.05) is 12.3 Å². The molecule has 168 valence electrons. The lowest BCUT2D eigenvalue weighted by Gasteiger charge is -2.60. The van der Waals surface area contributed by atoms with Crippen molar-refractivity contribution in [2.24, 2.45) is 52.3 Å². The Morgan fingerprint density at radius 2 is 1.77 bits per heavy atom. The fraction of sp³-hybridized carbons (Fsp3) is 0.889. The molecule has 9 atom stereocenters. The molecule has 0 aromatic carbocycles. The Balaban J connectivity index is 1.73. The molecule has 0 amide bonds. The zero-order chi connectivity index (χ0) is 21.9. The molecule has 4 rings (SSSR count). The van der Waals surface area contributed by atoms with Crippen LogP contribution in [0.25, 0.3) is 0 Å². The van der Waals surface area contributed by atoms with Gasteiger partial charge in [0.15, 0.2) is 0 Å². The molecule has 30 heavy (non-hydrogen) atoms. The summed E-state index contributed by atoms with van der Waals surface area (Å²) in [6, 6.07) is 2.47. The lowest BCUT2D eigenvalue weighted by Crippen LogP contribution is -2.54. The van der Waals surface area contributed by atoms with E-state index in [1.165, 1.54) is 50.7 Å². The predicted molar refractivity (Wildman–Crippen MR) is 127 cm³/mol. The summed E-state index contributed by atoms with van der Waals surface area (Å²) in [6.45, 7) is 17.1. The molecule has 0 aromatic heterocycles. The highest BCUT2D eigenvalue weighted by molar-refractivity contribution is 6.70. The topological polar surface area (TPSA) is 33.0 Å². The second-order valence-electron chi connectivity index (χ2n) is 13.1. The Kier molecular flexibility index (Phi) is 5.75. The molecule has 0 spiro atoms. The molecule has 3 saturated carbocycles. The SMILES string of the molecule is C[C@@H]1CC[C@@]2(C)[C@H](C=C(O[Si](C)(C)C)[C@@H]3[C@@H]2CC[C@]2(C)[C@@H]([C@H](C)CC#N)CC[C@@H]32)C1. The van der Waals surface area contributed by atoms with Gasteiger partial charge in [0.1, 0.15) is 0 Å². The molecule has 2 nitrogen and oxygen atoms in total. The molecule has 0 N–H and O–H groups in total. The third-order valence-electron chi connectivity index (χ3n) is 10.1. The molecule has 3 heteroatoms. The van der Waals surface area contributed by atoms with Crippen molar-refractivity contribution in [1.29, 1.82) is 5.26 Å². The van der Waals surface area contributed by atoms with Crippen molar-refractivity contribution in [3.63, 3.8) is 0 Å². The van der Waals surface area contributed by atoms with Crippen molar-refractivity contribution in [2.45, 2.75) is 98.7 Å². The standard InChI is InChI=1S/C27H45NOSi/c1-18-10-13-26(3)20(16-18)17-24(29-30(5,6)7)25-22-9-8-21(19(2)12-15-28)27(22,4)14-11-23(25)26/h17-23,25H,8-14,16H2,1-7H3/t18-,19-,20+,21-,22+,23+,25+,26+,27-/m1/s1. The van der Waals surface area contributed by atoms with Gasteiger partial charge >= 0.3 is 0 Å². The summed E-state index contributed by atoms with van der Waals surface area (Å²) in [7, 11) is -1.65. The minimum atomic E-state index is -1.65. The van der Waals surface area contributed by atoms with Gasteiger partial charge in [-0.3, -0.25) is 0 Å². The number of nitrogens with zero attached hydrogens (tertiary/aromatic N) is 1. The molecule has 0 saturated heterocycles. The first kappa shape index (κ1) is 22.4. The van der Waals surface area contributed by atoms with E-state index in [9.17, 15) is 5.26 Å². The Hall–Kier alpha value is -0.753. The van der Waals surface area contributed by atoms with Crippen LogP contribution in [0.1, 0.15) is 79.1 Å². The molecule has 0 aromatic rings. The Morgan fingerprint density at radius 1 is 1.10 bits per heavy atom. The van der Waals surface area contributed by atoms with Gasteiger partial charge in [-0.25, -0.2) is 0 Å². The van der Waals surface area contributed by atoms with Gasteiger partial charge in [-0.1, -0.05) is 34.1 Å². The fourth-order valence-electron chi connectivity index (χ4n) is 8.58. The van der Waals surface area contributed by atoms with Crippen LogP contribution in [0.5, 0.6) is 0 Å². The van der Waals surface area contributed by atoms with E-state index in [1.807, 2.05) is 0 Å². The maximum absolute atomic E-state index is 9.34. The van der Waals surface area contributed by atoms with Crippen LogP contribution < -0.4 is 0 Å². The zero-order valence-corrected chi connectivity index (χ0v) is 21.6. The predicted octanol–water partition coefficient (Wildman–Crippen LogP) is 7.79. The van der Waals surface area contributed by atoms with E-state index in [0.717, 1.165) is 17.8 Å². The molecular formula is C27H45NOSi. The number of rotatable bonds is 4. The molecule has 0 unspecified atom stereocenters. The Morgan fingerprint density at radius 3 is 2.43 bits per heavy atom. The average Bonchev–Trinajstić information content (AvgIpc) is 2.99. The van der Waals surface area contributed by atoms with E-state index < -0.39 is 8.32 Å². The van der Waals surface area contributed by atoms with Crippen LogP contribution in [-0.2, 0) is 4.43 Å². The molecule has 4 aliphatic rings. The van der Waals surface area contributed by atoms with Crippen LogP contribution in [0, 0.1) is 63.6 Å². The van der Waals surface area contributed by atoms with Crippen molar-refractivity contribution < 1.29 is 4.43 Å². The van der Waals surface area contributed by atoms with Gasteiger partial charge in [0.2, 0.25) is 8.32 Å². The largest absolute Gasteiger partial charge is 0.547 e. The van der Waals surface area contributed by atoms with E-state index in [0.29, 0.717) is 40.9 Å². The van der Waals surface area contributed by atoms with E-state index in [2.05, 4.69) is 59.5 Å². The number of hydrogen-bond donors (Lipinski definition) is 0. The van der Waals surface area contributed by atoms with Gasteiger partial charge < -0.3 is 4.43 Å². The molecule has 0 heterocycles. The van der Waals surface area contributed by atoms with Crippen molar-refractivity contribution in [3.8, 4) is 6.07 Å². The maximum Gasteiger partial charge on any atom is 0.241 e. The summed E-state index contributed by atoms with van der Waals surface area (Å²) in [5.41, 5.74) is 0.839. The Labute approximate surface area is 187 Å². The number of hydrogen-bond acceptors (Lipinski definition) is 2. The quantitative estimate of drug-likeness (QED) is 0.429. The fourth-order valence-corrected chi connectivity index (χ4v) is 9.50. The van der Waals surface area contributed by atoms with Crippen LogP contribution in [0.15, 0.2) is 11.8 Å². The lowest BCUT2D eigenvalue weighted by molar-refractivity contribution is -0.0867. The first-order valence-corrected chi connectivity index (χ1v) is 16.2. The summed E-state index contributed by atoms with van der Waals surface area (Å²) in [5.74, 6) is 6.32. The first-order valence-electron chi connectivity index (χ1n) is 12.8. The number of allylic oxidation sites excluding steroid dienone is 2. The lowest BCUT2D eigenvalue weighted by atomic mass is 9.45. The summed E-state index contributed by atoms with van der Waals surface area (Å²) in [5, 5.41) is 9.34. The zero-order valence-electron chi connectivity index (χ0n) is 20.6. The summed E-state index contributed by atoms with van der Waals surface area (Å²) in [6.07, 6.45) is 12.9. The number of fused-ring (bicyclic) bond motifs is 5. The van der Waals surface area contributed by atoms with Crippen molar-refractivity contribution >= 4 is 8.32 Å². The molecule has 4 aliphatic carbocycles. The maximum atomic E-state index is 9.34. The van der Waals surface area contributed by atoms with Crippen LogP contribution in [0.3, 0.4) is 0 Å². The monoisotopic (exact) mass is 427 g/mol. The first-order chi connectivity index (χ1) is 14.0. The van der Waals surface area contributed by atoms with E-state index in [4.69, 9.17) is 4.43 Å². The summed E-state index contributed by atoms with van der Waals surface area (Å²) in [4.78, 5) is 0. The van der Waals surface area contributed by atoms with Gasteiger partial charge in [-0.2, -0.15) is 5.26 Å². The van der Waals surface area contributed by atoms with Crippen molar-refractivity contribution in [2.75, 3.05) is 0 Å². The second-order valence-corrected chi connectivity index (χ2v) is 17.5. The van der Waals surface area contributed by atoms with Gasteiger partial charge in [0.25, 0.3) is 0 Å². The number of nitriles is 1. The third kappa shape index (κ3) is 3.60. The molecule has 0 aliphatic heterocycles. The van der Waals surface area contributed by atoms with Crippen molar-refractivity contribution in [1.82, 2.24) is 0 Å². The van der Waals surface area contributed by atoms with Crippen LogP contribution >= 0.6 is 0 Å². The highest BCUT2D eigenvalue weighted by Crippen LogP contribution is 2.68. The van der Waals surface area contributed by atoms with Gasteiger partial charge in [-0.05, 0) is 111 Å². The minimum absolute atomic E-state index is 0.379. The van der Waals surface area contributed by atoms with Crippen LogP contribution in [-0.4, -0.2) is 8.32 Å². The van der Waals surface area contributed by atoms with Crippen LogP contribution in [0.2, 0.25) is 19.6 Å². The van der Waals surface area contributed by atoms with Gasteiger partial charge in [-0.15, -0.1) is 0 Å². The third-order valence-corrected chi connectivity index (χ3v) is 10.9. The molecule has 3 fully saturated rings. The van der Waals surface area contributed by atoms with Crippen molar-refractivity contribution in [3.05, 3.63) is 11.8 Å². The summed E-state index contributed by atoms with van der Waals surface area (Å²) >= 11 is 0. The second kappa shape index (κ2) is 7.68. The van der Waals surface area contributed by atoms with Crippen LogP contribution in [0.4, 0.5) is 0 Å². The highest BCUT2D eigenvalue weighted by atomic mass is 28.4. The smallest absolute Gasteiger partial charge is 0.241 e. The van der Waals surface area contributed by atoms with E-state index >= 15 is 0 Å². The normalized spacial score (nSPS) is 46.7. The molecule has 0 bridgehead atoms.